The molecule has 0 saturated carbocycles. The molecule has 0 amide bonds. The summed E-state index contributed by atoms with van der Waals surface area (Å²) in [7, 11) is 3.43. The quantitative estimate of drug-likeness (QED) is 0.714. The first kappa shape index (κ1) is 17.9. The SMILES string of the molecule is CCC(N)Cc1ccc(N(CCOC)C(C)COC)nc1. The maximum absolute atomic E-state index is 5.99. The minimum Gasteiger partial charge on any atom is -0.383 e. The van der Waals surface area contributed by atoms with E-state index in [0.29, 0.717) is 13.2 Å². The number of pyridine rings is 1. The normalized spacial score (nSPS) is 14.0. The molecule has 1 aromatic heterocycles. The molecule has 5 heteroatoms. The number of hydrogen-bond donors (Lipinski definition) is 1. The van der Waals surface area contributed by atoms with Gasteiger partial charge < -0.3 is 20.1 Å². The molecule has 0 radical (unpaired) electrons. The predicted octanol–water partition coefficient (Wildman–Crippen LogP) is 1.85. The topological polar surface area (TPSA) is 60.6 Å². The molecule has 0 bridgehead atoms. The number of hydrogen-bond acceptors (Lipinski definition) is 5. The van der Waals surface area contributed by atoms with Gasteiger partial charge in [-0.1, -0.05) is 13.0 Å². The Bertz CT molecular complexity index is 384. The number of rotatable bonds is 10. The summed E-state index contributed by atoms with van der Waals surface area (Å²) in [4.78, 5) is 6.79. The first-order valence-corrected chi connectivity index (χ1v) is 7.57. The zero-order chi connectivity index (χ0) is 15.7. The molecule has 0 aromatic carbocycles. The summed E-state index contributed by atoms with van der Waals surface area (Å²) >= 11 is 0. The third-order valence-corrected chi connectivity index (χ3v) is 3.60. The maximum atomic E-state index is 5.99. The average molecular weight is 295 g/mol. The van der Waals surface area contributed by atoms with E-state index in [1.54, 1.807) is 14.2 Å². The first-order chi connectivity index (χ1) is 10.1. The molecule has 0 aliphatic heterocycles. The molecular weight excluding hydrogens is 266 g/mol. The van der Waals surface area contributed by atoms with Crippen LogP contribution in [0.5, 0.6) is 0 Å². The fourth-order valence-electron chi connectivity index (χ4n) is 2.24. The molecule has 1 heterocycles. The number of methoxy groups -OCH3 is 2. The third kappa shape index (κ3) is 5.99. The van der Waals surface area contributed by atoms with Gasteiger partial charge in [0.15, 0.2) is 0 Å². The summed E-state index contributed by atoms with van der Waals surface area (Å²) in [5.74, 6) is 0.949. The van der Waals surface area contributed by atoms with Gasteiger partial charge in [0.1, 0.15) is 5.82 Å². The number of aromatic nitrogens is 1. The Morgan fingerprint density at radius 3 is 2.57 bits per heavy atom. The van der Waals surface area contributed by atoms with Crippen molar-refractivity contribution in [1.29, 1.82) is 0 Å². The lowest BCUT2D eigenvalue weighted by molar-refractivity contribution is 0.170. The Morgan fingerprint density at radius 2 is 2.05 bits per heavy atom. The van der Waals surface area contributed by atoms with E-state index in [1.165, 1.54) is 5.56 Å². The van der Waals surface area contributed by atoms with Crippen molar-refractivity contribution in [2.45, 2.75) is 38.8 Å². The van der Waals surface area contributed by atoms with Crippen LogP contribution in [0.1, 0.15) is 25.8 Å². The highest BCUT2D eigenvalue weighted by molar-refractivity contribution is 5.40. The Labute approximate surface area is 128 Å². The van der Waals surface area contributed by atoms with E-state index < -0.39 is 0 Å². The largest absolute Gasteiger partial charge is 0.383 e. The van der Waals surface area contributed by atoms with E-state index >= 15 is 0 Å². The summed E-state index contributed by atoms with van der Waals surface area (Å²) in [6, 6.07) is 4.62. The number of nitrogens with two attached hydrogens (primary N) is 1. The molecule has 21 heavy (non-hydrogen) atoms. The zero-order valence-electron chi connectivity index (χ0n) is 13.7. The minimum absolute atomic E-state index is 0.203. The number of ether oxygens (including phenoxy) is 2. The van der Waals surface area contributed by atoms with Crippen LogP contribution in [0.4, 0.5) is 5.82 Å². The summed E-state index contributed by atoms with van der Waals surface area (Å²) in [6.07, 6.45) is 3.77. The monoisotopic (exact) mass is 295 g/mol. The molecule has 1 aromatic rings. The third-order valence-electron chi connectivity index (χ3n) is 3.60. The van der Waals surface area contributed by atoms with Crippen molar-refractivity contribution < 1.29 is 9.47 Å². The second-order valence-electron chi connectivity index (χ2n) is 5.39. The van der Waals surface area contributed by atoms with Gasteiger partial charge in [-0.2, -0.15) is 0 Å². The van der Waals surface area contributed by atoms with Crippen LogP contribution in [-0.2, 0) is 15.9 Å². The van der Waals surface area contributed by atoms with E-state index in [9.17, 15) is 0 Å². The summed E-state index contributed by atoms with van der Waals surface area (Å²) in [6.45, 7) is 6.35. The number of nitrogens with zero attached hydrogens (tertiary/aromatic N) is 2. The van der Waals surface area contributed by atoms with Gasteiger partial charge in [-0.3, -0.25) is 0 Å². The van der Waals surface area contributed by atoms with E-state index in [4.69, 9.17) is 15.2 Å². The van der Waals surface area contributed by atoms with E-state index in [1.807, 2.05) is 6.20 Å². The highest BCUT2D eigenvalue weighted by Crippen LogP contribution is 2.15. The van der Waals surface area contributed by atoms with Crippen molar-refractivity contribution in [3.05, 3.63) is 23.9 Å². The highest BCUT2D eigenvalue weighted by atomic mass is 16.5. The van der Waals surface area contributed by atoms with Crippen molar-refractivity contribution in [1.82, 2.24) is 4.98 Å². The summed E-state index contributed by atoms with van der Waals surface area (Å²) in [5.41, 5.74) is 7.16. The van der Waals surface area contributed by atoms with Crippen LogP contribution in [0.25, 0.3) is 0 Å². The maximum Gasteiger partial charge on any atom is 0.128 e. The van der Waals surface area contributed by atoms with Crippen LogP contribution >= 0.6 is 0 Å². The Morgan fingerprint density at radius 1 is 1.29 bits per heavy atom. The average Bonchev–Trinajstić information content (AvgIpc) is 2.49. The fraction of sp³-hybridized carbons (Fsp3) is 0.688. The Balaban J connectivity index is 2.77. The van der Waals surface area contributed by atoms with Crippen molar-refractivity contribution in [2.75, 3.05) is 38.9 Å². The molecular formula is C16H29N3O2. The first-order valence-electron chi connectivity index (χ1n) is 7.57. The standard InChI is InChI=1S/C16H29N3O2/c1-5-15(17)10-14-6-7-16(18-11-14)19(8-9-20-3)13(2)12-21-4/h6-7,11,13,15H,5,8-10,12,17H2,1-4H3. The van der Waals surface area contributed by atoms with Crippen LogP contribution < -0.4 is 10.6 Å². The lowest BCUT2D eigenvalue weighted by Gasteiger charge is -2.29. The summed E-state index contributed by atoms with van der Waals surface area (Å²) in [5, 5.41) is 0. The summed E-state index contributed by atoms with van der Waals surface area (Å²) < 4.78 is 10.4. The van der Waals surface area contributed by atoms with Gasteiger partial charge in [0, 0.05) is 33.0 Å². The van der Waals surface area contributed by atoms with Crippen molar-refractivity contribution in [2.24, 2.45) is 5.73 Å². The van der Waals surface area contributed by atoms with Gasteiger partial charge in [0.2, 0.25) is 0 Å². The molecule has 5 nitrogen and oxygen atoms in total. The molecule has 0 spiro atoms. The fourth-order valence-corrected chi connectivity index (χ4v) is 2.24. The van der Waals surface area contributed by atoms with Gasteiger partial charge in [-0.15, -0.1) is 0 Å². The van der Waals surface area contributed by atoms with Crippen molar-refractivity contribution in [3.8, 4) is 0 Å². The molecule has 1 rings (SSSR count). The van der Waals surface area contributed by atoms with Gasteiger partial charge in [0.25, 0.3) is 0 Å². The van der Waals surface area contributed by atoms with Crippen LogP contribution in [0.3, 0.4) is 0 Å². The van der Waals surface area contributed by atoms with Crippen LogP contribution in [0, 0.1) is 0 Å². The smallest absolute Gasteiger partial charge is 0.128 e. The molecule has 120 valence electrons. The molecule has 0 fully saturated rings. The molecule has 0 aliphatic rings. The second-order valence-corrected chi connectivity index (χ2v) is 5.39. The van der Waals surface area contributed by atoms with Gasteiger partial charge in [-0.05, 0) is 31.4 Å². The Hall–Kier alpha value is -1.17. The van der Waals surface area contributed by atoms with E-state index in [0.717, 1.165) is 25.2 Å². The van der Waals surface area contributed by atoms with Crippen LogP contribution in [-0.4, -0.2) is 51.0 Å². The highest BCUT2D eigenvalue weighted by Gasteiger charge is 2.15. The lowest BCUT2D eigenvalue weighted by Crippen LogP contribution is -2.39. The molecule has 2 N–H and O–H groups in total. The zero-order valence-corrected chi connectivity index (χ0v) is 13.7. The Kier molecular flexibility index (Phi) is 8.27. The van der Waals surface area contributed by atoms with Gasteiger partial charge in [-0.25, -0.2) is 4.98 Å². The minimum atomic E-state index is 0.203. The van der Waals surface area contributed by atoms with E-state index in [-0.39, 0.29) is 12.1 Å². The molecule has 2 atom stereocenters. The molecule has 0 saturated heterocycles. The second kappa shape index (κ2) is 9.71. The molecule has 2 unspecified atom stereocenters. The van der Waals surface area contributed by atoms with Gasteiger partial charge >= 0.3 is 0 Å². The molecule has 0 aliphatic carbocycles. The van der Waals surface area contributed by atoms with Crippen LogP contribution in [0.2, 0.25) is 0 Å². The van der Waals surface area contributed by atoms with Gasteiger partial charge in [0.05, 0.1) is 19.3 Å². The predicted molar refractivity (Wildman–Crippen MR) is 86.8 cm³/mol. The van der Waals surface area contributed by atoms with Crippen LogP contribution in [0.15, 0.2) is 18.3 Å². The lowest BCUT2D eigenvalue weighted by atomic mass is 10.1. The van der Waals surface area contributed by atoms with Crippen molar-refractivity contribution >= 4 is 5.82 Å². The number of anilines is 1. The van der Waals surface area contributed by atoms with Crippen molar-refractivity contribution in [3.63, 3.8) is 0 Å². The van der Waals surface area contributed by atoms with E-state index in [2.05, 4.69) is 35.9 Å².